The first-order valence-corrected chi connectivity index (χ1v) is 12.7. The van der Waals surface area contributed by atoms with Gasteiger partial charge in [0, 0.05) is 76.5 Å². The van der Waals surface area contributed by atoms with E-state index in [0.29, 0.717) is 31.3 Å². The smallest absolute Gasteiger partial charge is 0.213 e. The number of ether oxygens (including phenoxy) is 3. The Bertz CT molecular complexity index is 950. The second-order valence-electron chi connectivity index (χ2n) is 8.73. The standard InChI is InChI=1S/C26H40N6O4/c1-4-20(16-27)26-30-22(15-23(31-26)32-12-6-5-7-21(32)10-13-33)28-17-19-8-9-24(29-18-19)36-14-11-25(34-2)35-3/h8-9,15-16,18,21,25,33H,4-7,10-14,17,27H2,1-3H3,(H,28,30,31)/b20-16-. The number of hydrogen-bond donors (Lipinski definition) is 3. The van der Waals surface area contributed by atoms with Crippen molar-refractivity contribution in [3.05, 3.63) is 42.0 Å². The molecule has 0 spiro atoms. The van der Waals surface area contributed by atoms with Crippen molar-refractivity contribution in [2.75, 3.05) is 44.2 Å². The van der Waals surface area contributed by atoms with Crippen LogP contribution in [0.15, 0.2) is 30.6 Å². The van der Waals surface area contributed by atoms with Crippen LogP contribution in [-0.4, -0.2) is 66.4 Å². The SMILES string of the molecule is CC/C(=C/N)c1nc(NCc2ccc(OCCC(OC)OC)nc2)cc(N2CCCCC2CCO)n1. The summed E-state index contributed by atoms with van der Waals surface area (Å²) in [6.07, 6.45) is 8.48. The molecular weight excluding hydrogens is 460 g/mol. The fourth-order valence-corrected chi connectivity index (χ4v) is 4.30. The third-order valence-corrected chi connectivity index (χ3v) is 6.37. The fourth-order valence-electron chi connectivity index (χ4n) is 4.30. The van der Waals surface area contributed by atoms with Crippen molar-refractivity contribution >= 4 is 17.2 Å². The van der Waals surface area contributed by atoms with Crippen molar-refractivity contribution in [1.82, 2.24) is 15.0 Å². The lowest BCUT2D eigenvalue weighted by molar-refractivity contribution is -0.110. The van der Waals surface area contributed by atoms with Crippen LogP contribution in [0.25, 0.3) is 5.57 Å². The highest BCUT2D eigenvalue weighted by Gasteiger charge is 2.24. The Morgan fingerprint density at radius 3 is 2.78 bits per heavy atom. The van der Waals surface area contributed by atoms with E-state index in [1.165, 1.54) is 6.42 Å². The third-order valence-electron chi connectivity index (χ3n) is 6.37. The molecule has 2 aromatic rings. The topological polar surface area (TPSA) is 128 Å². The van der Waals surface area contributed by atoms with Crippen LogP contribution in [0, 0.1) is 0 Å². The van der Waals surface area contributed by atoms with Crippen LogP contribution < -0.4 is 20.7 Å². The van der Waals surface area contributed by atoms with Crippen LogP contribution in [0.3, 0.4) is 0 Å². The van der Waals surface area contributed by atoms with Gasteiger partial charge in [0.05, 0.1) is 6.61 Å². The summed E-state index contributed by atoms with van der Waals surface area (Å²) in [6, 6.07) is 6.07. The van der Waals surface area contributed by atoms with E-state index in [2.05, 4.69) is 15.2 Å². The molecule has 198 valence electrons. The highest BCUT2D eigenvalue weighted by atomic mass is 16.7. The fraction of sp³-hybridized carbons (Fsp3) is 0.577. The van der Waals surface area contributed by atoms with E-state index < -0.39 is 0 Å². The molecule has 1 atom stereocenters. The van der Waals surface area contributed by atoms with Gasteiger partial charge in [-0.1, -0.05) is 13.0 Å². The molecule has 0 saturated carbocycles. The van der Waals surface area contributed by atoms with Gasteiger partial charge in [-0.25, -0.2) is 15.0 Å². The molecule has 36 heavy (non-hydrogen) atoms. The lowest BCUT2D eigenvalue weighted by atomic mass is 9.99. The molecule has 10 heteroatoms. The first-order valence-electron chi connectivity index (χ1n) is 12.7. The van der Waals surface area contributed by atoms with Gasteiger partial charge in [0.2, 0.25) is 5.88 Å². The number of hydrogen-bond acceptors (Lipinski definition) is 10. The van der Waals surface area contributed by atoms with Crippen LogP contribution >= 0.6 is 0 Å². The number of anilines is 2. The van der Waals surface area contributed by atoms with Crippen molar-refractivity contribution in [2.24, 2.45) is 5.73 Å². The van der Waals surface area contributed by atoms with E-state index in [1.807, 2.05) is 25.1 Å². The minimum absolute atomic E-state index is 0.166. The molecule has 10 nitrogen and oxygen atoms in total. The normalized spacial score (nSPS) is 16.4. The molecule has 1 unspecified atom stereocenters. The molecule has 1 aliphatic rings. The Hall–Kier alpha value is -2.95. The molecule has 2 aromatic heterocycles. The van der Waals surface area contributed by atoms with Crippen molar-refractivity contribution in [3.63, 3.8) is 0 Å². The molecule has 1 fully saturated rings. The van der Waals surface area contributed by atoms with E-state index in [-0.39, 0.29) is 18.9 Å². The van der Waals surface area contributed by atoms with Crippen molar-refractivity contribution in [3.8, 4) is 5.88 Å². The van der Waals surface area contributed by atoms with Crippen LogP contribution in [0.1, 0.15) is 56.8 Å². The third kappa shape index (κ3) is 7.78. The number of nitrogens with zero attached hydrogens (tertiary/aromatic N) is 4. The molecular formula is C26H40N6O4. The number of aromatic nitrogens is 3. The summed E-state index contributed by atoms with van der Waals surface area (Å²) in [5, 5.41) is 13.0. The predicted molar refractivity (Wildman–Crippen MR) is 141 cm³/mol. The van der Waals surface area contributed by atoms with E-state index in [9.17, 15) is 5.11 Å². The van der Waals surface area contributed by atoms with Crippen LogP contribution in [0.4, 0.5) is 11.6 Å². The second kappa shape index (κ2) is 14.6. The van der Waals surface area contributed by atoms with Gasteiger partial charge >= 0.3 is 0 Å². The molecule has 0 aliphatic carbocycles. The molecule has 0 radical (unpaired) electrons. The minimum Gasteiger partial charge on any atom is -0.477 e. The van der Waals surface area contributed by atoms with Crippen molar-refractivity contribution < 1.29 is 19.3 Å². The maximum Gasteiger partial charge on any atom is 0.213 e. The van der Waals surface area contributed by atoms with E-state index in [4.69, 9.17) is 29.9 Å². The summed E-state index contributed by atoms with van der Waals surface area (Å²) in [5.41, 5.74) is 7.76. The number of rotatable bonds is 14. The Morgan fingerprint density at radius 2 is 2.11 bits per heavy atom. The number of nitrogens with two attached hydrogens (primary N) is 1. The highest BCUT2D eigenvalue weighted by molar-refractivity contribution is 5.63. The van der Waals surface area contributed by atoms with Gasteiger partial charge in [0.1, 0.15) is 11.6 Å². The molecule has 0 aromatic carbocycles. The van der Waals surface area contributed by atoms with E-state index in [0.717, 1.165) is 55.0 Å². The van der Waals surface area contributed by atoms with Gasteiger partial charge in [0.25, 0.3) is 0 Å². The number of pyridine rings is 1. The number of allylic oxidation sites excluding steroid dienone is 1. The average Bonchev–Trinajstić information content (AvgIpc) is 2.92. The first kappa shape index (κ1) is 27.6. The number of piperidine rings is 1. The first-order chi connectivity index (χ1) is 17.6. The second-order valence-corrected chi connectivity index (χ2v) is 8.73. The van der Waals surface area contributed by atoms with Gasteiger partial charge in [-0.05, 0) is 37.7 Å². The number of aliphatic hydroxyl groups excluding tert-OH is 1. The Balaban J connectivity index is 1.70. The molecule has 1 saturated heterocycles. The Morgan fingerprint density at radius 1 is 1.28 bits per heavy atom. The lowest BCUT2D eigenvalue weighted by Gasteiger charge is -2.36. The number of aliphatic hydroxyl groups is 1. The summed E-state index contributed by atoms with van der Waals surface area (Å²) in [7, 11) is 3.21. The summed E-state index contributed by atoms with van der Waals surface area (Å²) < 4.78 is 16.0. The van der Waals surface area contributed by atoms with Crippen molar-refractivity contribution in [2.45, 2.75) is 64.3 Å². The van der Waals surface area contributed by atoms with Gasteiger partial charge in [-0.2, -0.15) is 0 Å². The maximum absolute atomic E-state index is 9.56. The van der Waals surface area contributed by atoms with E-state index in [1.54, 1.807) is 26.6 Å². The zero-order valence-electron chi connectivity index (χ0n) is 21.7. The largest absolute Gasteiger partial charge is 0.477 e. The van der Waals surface area contributed by atoms with Crippen LogP contribution in [0.5, 0.6) is 5.88 Å². The Labute approximate surface area is 213 Å². The number of methoxy groups -OCH3 is 2. The van der Waals surface area contributed by atoms with Gasteiger partial charge < -0.3 is 35.3 Å². The molecule has 3 rings (SSSR count). The summed E-state index contributed by atoms with van der Waals surface area (Å²) >= 11 is 0. The molecule has 0 bridgehead atoms. The van der Waals surface area contributed by atoms with Crippen molar-refractivity contribution in [1.29, 1.82) is 0 Å². The Kier molecular flexibility index (Phi) is 11.2. The zero-order chi connectivity index (χ0) is 25.8. The van der Waals surface area contributed by atoms with Gasteiger partial charge in [-0.3, -0.25) is 0 Å². The van der Waals surface area contributed by atoms with Crippen LogP contribution in [0.2, 0.25) is 0 Å². The quantitative estimate of drug-likeness (QED) is 0.332. The predicted octanol–water partition coefficient (Wildman–Crippen LogP) is 3.32. The molecule has 0 amide bonds. The minimum atomic E-state index is -0.290. The average molecular weight is 501 g/mol. The molecule has 4 N–H and O–H groups in total. The lowest BCUT2D eigenvalue weighted by Crippen LogP contribution is -2.40. The van der Waals surface area contributed by atoms with Crippen LogP contribution in [-0.2, 0) is 16.0 Å². The maximum atomic E-state index is 9.56. The zero-order valence-corrected chi connectivity index (χ0v) is 21.7. The van der Waals surface area contributed by atoms with Gasteiger partial charge in [0.15, 0.2) is 12.1 Å². The van der Waals surface area contributed by atoms with E-state index >= 15 is 0 Å². The number of nitrogens with one attached hydrogen (secondary N) is 1. The highest BCUT2D eigenvalue weighted by Crippen LogP contribution is 2.28. The van der Waals surface area contributed by atoms with Gasteiger partial charge in [-0.15, -0.1) is 0 Å². The monoisotopic (exact) mass is 500 g/mol. The summed E-state index contributed by atoms with van der Waals surface area (Å²) in [6.45, 7) is 4.11. The molecule has 3 heterocycles. The summed E-state index contributed by atoms with van der Waals surface area (Å²) in [5.74, 6) is 2.76. The molecule has 1 aliphatic heterocycles. The summed E-state index contributed by atoms with van der Waals surface area (Å²) in [4.78, 5) is 16.3.